The first kappa shape index (κ1) is 18.2. The van der Waals surface area contributed by atoms with E-state index in [9.17, 15) is 4.79 Å². The van der Waals surface area contributed by atoms with Crippen molar-refractivity contribution in [1.29, 1.82) is 0 Å². The SMILES string of the molecule is CC(C(=O)N1CCC2(CC1)OCCc1cnc(N)nc12)c1ccc(Cl)cc1. The molecule has 27 heavy (non-hydrogen) atoms. The van der Waals surface area contributed by atoms with Gasteiger partial charge < -0.3 is 15.4 Å². The van der Waals surface area contributed by atoms with Gasteiger partial charge in [0.05, 0.1) is 18.2 Å². The molecule has 6 nitrogen and oxygen atoms in total. The molecular formula is C20H23ClN4O2. The van der Waals surface area contributed by atoms with Crippen molar-refractivity contribution >= 4 is 23.5 Å². The molecule has 2 aromatic rings. The number of fused-ring (bicyclic) bond motifs is 2. The molecule has 1 spiro atoms. The van der Waals surface area contributed by atoms with Crippen molar-refractivity contribution in [3.63, 3.8) is 0 Å². The van der Waals surface area contributed by atoms with Gasteiger partial charge in [0.1, 0.15) is 5.60 Å². The molecule has 7 heteroatoms. The van der Waals surface area contributed by atoms with Crippen LogP contribution in [-0.2, 0) is 21.6 Å². The van der Waals surface area contributed by atoms with E-state index in [-0.39, 0.29) is 17.8 Å². The first-order chi connectivity index (χ1) is 13.0. The summed E-state index contributed by atoms with van der Waals surface area (Å²) >= 11 is 5.95. The lowest BCUT2D eigenvalue weighted by atomic mass is 9.83. The number of amides is 1. The molecule has 0 saturated carbocycles. The first-order valence-electron chi connectivity index (χ1n) is 9.29. The quantitative estimate of drug-likeness (QED) is 0.858. The van der Waals surface area contributed by atoms with Crippen LogP contribution in [0.3, 0.4) is 0 Å². The third kappa shape index (κ3) is 3.39. The smallest absolute Gasteiger partial charge is 0.229 e. The zero-order valence-electron chi connectivity index (χ0n) is 15.3. The Morgan fingerprint density at radius 3 is 2.70 bits per heavy atom. The number of anilines is 1. The number of halogens is 1. The van der Waals surface area contributed by atoms with Crippen molar-refractivity contribution < 1.29 is 9.53 Å². The molecule has 142 valence electrons. The van der Waals surface area contributed by atoms with Crippen molar-refractivity contribution in [2.45, 2.75) is 37.7 Å². The monoisotopic (exact) mass is 386 g/mol. The second kappa shape index (κ2) is 7.09. The van der Waals surface area contributed by atoms with Crippen LogP contribution in [0.4, 0.5) is 5.95 Å². The van der Waals surface area contributed by atoms with Crippen LogP contribution in [0.5, 0.6) is 0 Å². The number of rotatable bonds is 2. The molecule has 0 bridgehead atoms. The van der Waals surface area contributed by atoms with Crippen LogP contribution in [0.1, 0.15) is 42.5 Å². The summed E-state index contributed by atoms with van der Waals surface area (Å²) in [5.41, 5.74) is 8.34. The van der Waals surface area contributed by atoms with Crippen LogP contribution in [0.25, 0.3) is 0 Å². The number of nitrogens with zero attached hydrogens (tertiary/aromatic N) is 3. The second-order valence-corrected chi connectivity index (χ2v) is 7.73. The van der Waals surface area contributed by atoms with Crippen molar-refractivity contribution in [1.82, 2.24) is 14.9 Å². The molecule has 1 aromatic heterocycles. The van der Waals surface area contributed by atoms with Crippen LogP contribution >= 0.6 is 11.6 Å². The molecule has 4 rings (SSSR count). The Labute approximate surface area is 163 Å². The number of nitrogen functional groups attached to an aromatic ring is 1. The van der Waals surface area contributed by atoms with E-state index < -0.39 is 5.60 Å². The van der Waals surface area contributed by atoms with Gasteiger partial charge in [0, 0.05) is 24.3 Å². The number of carbonyl (C=O) groups is 1. The minimum absolute atomic E-state index is 0.130. The third-order valence-corrected chi connectivity index (χ3v) is 5.94. The number of ether oxygens (including phenoxy) is 1. The summed E-state index contributed by atoms with van der Waals surface area (Å²) in [6.45, 7) is 3.87. The maximum Gasteiger partial charge on any atom is 0.229 e. The molecule has 1 saturated heterocycles. The van der Waals surface area contributed by atoms with Crippen LogP contribution < -0.4 is 5.73 Å². The molecule has 0 radical (unpaired) electrons. The summed E-state index contributed by atoms with van der Waals surface area (Å²) in [5, 5.41) is 0.674. The van der Waals surface area contributed by atoms with Gasteiger partial charge in [-0.1, -0.05) is 23.7 Å². The van der Waals surface area contributed by atoms with Gasteiger partial charge in [-0.15, -0.1) is 0 Å². The highest BCUT2D eigenvalue weighted by Crippen LogP contribution is 2.41. The van der Waals surface area contributed by atoms with E-state index in [1.54, 1.807) is 0 Å². The Morgan fingerprint density at radius 1 is 1.30 bits per heavy atom. The first-order valence-corrected chi connectivity index (χ1v) is 9.66. The van der Waals surface area contributed by atoms with E-state index in [0.717, 1.165) is 36.1 Å². The molecule has 1 fully saturated rings. The summed E-state index contributed by atoms with van der Waals surface area (Å²) in [6.07, 6.45) is 4.04. The topological polar surface area (TPSA) is 81.3 Å². The van der Waals surface area contributed by atoms with E-state index in [2.05, 4.69) is 9.97 Å². The van der Waals surface area contributed by atoms with Gasteiger partial charge in [-0.25, -0.2) is 9.97 Å². The van der Waals surface area contributed by atoms with Crippen molar-refractivity contribution in [2.75, 3.05) is 25.4 Å². The van der Waals surface area contributed by atoms with E-state index in [1.165, 1.54) is 0 Å². The number of benzene rings is 1. The van der Waals surface area contributed by atoms with Crippen LogP contribution in [-0.4, -0.2) is 40.5 Å². The number of nitrogens with two attached hydrogens (primary N) is 1. The molecule has 2 aliphatic rings. The predicted octanol–water partition coefficient (Wildman–Crippen LogP) is 2.91. The molecule has 3 heterocycles. The Kier molecular flexibility index (Phi) is 4.78. The van der Waals surface area contributed by atoms with E-state index in [0.29, 0.717) is 24.7 Å². The standard InChI is InChI=1S/C20H23ClN4O2/c1-13(14-2-4-16(21)5-3-14)18(26)25-9-7-20(8-10-25)17-15(6-11-27-20)12-23-19(22)24-17/h2-5,12-13H,6-11H2,1H3,(H2,22,23,24). The predicted molar refractivity (Wildman–Crippen MR) is 103 cm³/mol. The maximum atomic E-state index is 13.0. The van der Waals surface area contributed by atoms with E-state index in [4.69, 9.17) is 22.1 Å². The van der Waals surface area contributed by atoms with Crippen LogP contribution in [0.15, 0.2) is 30.5 Å². The average molecular weight is 387 g/mol. The van der Waals surface area contributed by atoms with Crippen molar-refractivity contribution in [2.24, 2.45) is 0 Å². The molecule has 2 N–H and O–H groups in total. The van der Waals surface area contributed by atoms with E-state index >= 15 is 0 Å². The lowest BCUT2D eigenvalue weighted by molar-refractivity contribution is -0.142. The highest BCUT2D eigenvalue weighted by molar-refractivity contribution is 6.30. The normalized spacial score (nSPS) is 19.6. The Balaban J connectivity index is 1.49. The fraction of sp³-hybridized carbons (Fsp3) is 0.450. The molecule has 1 aromatic carbocycles. The zero-order chi connectivity index (χ0) is 19.0. The second-order valence-electron chi connectivity index (χ2n) is 7.29. The minimum atomic E-state index is -0.453. The number of likely N-dealkylation sites (tertiary alicyclic amines) is 1. The Hall–Kier alpha value is -2.18. The summed E-state index contributed by atoms with van der Waals surface area (Å²) in [5.74, 6) is 0.202. The zero-order valence-corrected chi connectivity index (χ0v) is 16.1. The van der Waals surface area contributed by atoms with Gasteiger partial charge >= 0.3 is 0 Å². The summed E-state index contributed by atoms with van der Waals surface area (Å²) in [7, 11) is 0. The van der Waals surface area contributed by atoms with Gasteiger partial charge in [0.25, 0.3) is 0 Å². The number of piperidine rings is 1. The van der Waals surface area contributed by atoms with E-state index in [1.807, 2.05) is 42.3 Å². The molecule has 1 amide bonds. The summed E-state index contributed by atoms with van der Waals surface area (Å²) < 4.78 is 6.18. The number of carbonyl (C=O) groups excluding carboxylic acids is 1. The highest BCUT2D eigenvalue weighted by Gasteiger charge is 2.43. The van der Waals surface area contributed by atoms with Gasteiger partial charge in [0.2, 0.25) is 11.9 Å². The van der Waals surface area contributed by atoms with Gasteiger partial charge in [-0.3, -0.25) is 4.79 Å². The molecule has 2 aliphatic heterocycles. The fourth-order valence-electron chi connectivity index (χ4n) is 4.06. The van der Waals surface area contributed by atoms with Crippen molar-refractivity contribution in [3.05, 3.63) is 52.3 Å². The number of aromatic nitrogens is 2. The third-order valence-electron chi connectivity index (χ3n) is 5.69. The molecular weight excluding hydrogens is 364 g/mol. The van der Waals surface area contributed by atoms with Crippen molar-refractivity contribution in [3.8, 4) is 0 Å². The lowest BCUT2D eigenvalue weighted by Crippen LogP contribution is -2.49. The maximum absolute atomic E-state index is 13.0. The van der Waals surface area contributed by atoms with Crippen LogP contribution in [0.2, 0.25) is 5.02 Å². The molecule has 1 atom stereocenters. The molecule has 0 aliphatic carbocycles. The minimum Gasteiger partial charge on any atom is -0.368 e. The Morgan fingerprint density at radius 2 is 2.00 bits per heavy atom. The Bertz CT molecular complexity index is 848. The fourth-order valence-corrected chi connectivity index (χ4v) is 4.19. The average Bonchev–Trinajstić information content (AvgIpc) is 2.69. The highest BCUT2D eigenvalue weighted by atomic mass is 35.5. The summed E-state index contributed by atoms with van der Waals surface area (Å²) in [6, 6.07) is 7.47. The number of hydrogen-bond acceptors (Lipinski definition) is 5. The van der Waals surface area contributed by atoms with Gasteiger partial charge in [0.15, 0.2) is 0 Å². The summed E-state index contributed by atoms with van der Waals surface area (Å²) in [4.78, 5) is 23.5. The molecule has 1 unspecified atom stereocenters. The van der Waals surface area contributed by atoms with Crippen LogP contribution in [0, 0.1) is 0 Å². The van der Waals surface area contributed by atoms with Gasteiger partial charge in [-0.05, 0) is 49.4 Å². The largest absolute Gasteiger partial charge is 0.368 e. The lowest BCUT2D eigenvalue weighted by Gasteiger charge is -2.44. The number of hydrogen-bond donors (Lipinski definition) is 1. The van der Waals surface area contributed by atoms with Gasteiger partial charge in [-0.2, -0.15) is 0 Å².